The van der Waals surface area contributed by atoms with Gasteiger partial charge in [0.05, 0.1) is 4.88 Å². The van der Waals surface area contributed by atoms with Gasteiger partial charge in [-0.3, -0.25) is 9.59 Å². The Balaban J connectivity index is 1.26. The predicted molar refractivity (Wildman–Crippen MR) is 102 cm³/mol. The SMILES string of the molecule is O=C(CCc1nc(-c2cccs2)no1)Nc1ccc(NC(=O)C2CC2)cc1. The van der Waals surface area contributed by atoms with E-state index in [0.717, 1.165) is 23.4 Å². The number of benzene rings is 1. The molecule has 27 heavy (non-hydrogen) atoms. The average molecular weight is 382 g/mol. The minimum absolute atomic E-state index is 0.0632. The lowest BCUT2D eigenvalue weighted by molar-refractivity contribution is -0.117. The van der Waals surface area contributed by atoms with Crippen molar-refractivity contribution in [2.75, 3.05) is 10.6 Å². The highest BCUT2D eigenvalue weighted by Gasteiger charge is 2.29. The topological polar surface area (TPSA) is 97.1 Å². The summed E-state index contributed by atoms with van der Waals surface area (Å²) < 4.78 is 5.19. The number of nitrogens with one attached hydrogen (secondary N) is 2. The Morgan fingerprint density at radius 3 is 2.52 bits per heavy atom. The molecule has 2 heterocycles. The maximum atomic E-state index is 12.1. The third-order valence-electron chi connectivity index (χ3n) is 4.16. The standard InChI is InChI=1S/C19H18N4O3S/c24-16(9-10-17-22-18(23-26-17)15-2-1-11-27-15)20-13-5-7-14(8-6-13)21-19(25)12-3-4-12/h1-2,5-8,11-12H,3-4,9-10H2,(H,20,24)(H,21,25). The molecule has 1 aromatic carbocycles. The third-order valence-corrected chi connectivity index (χ3v) is 5.03. The molecule has 0 bridgehead atoms. The maximum absolute atomic E-state index is 12.1. The van der Waals surface area contributed by atoms with Crippen molar-refractivity contribution in [3.8, 4) is 10.7 Å². The fraction of sp³-hybridized carbons (Fsp3) is 0.263. The maximum Gasteiger partial charge on any atom is 0.227 e. The zero-order chi connectivity index (χ0) is 18.6. The van der Waals surface area contributed by atoms with Crippen LogP contribution in [0.1, 0.15) is 25.2 Å². The van der Waals surface area contributed by atoms with E-state index in [0.29, 0.717) is 23.8 Å². The minimum atomic E-state index is -0.138. The van der Waals surface area contributed by atoms with Gasteiger partial charge in [0.2, 0.25) is 23.5 Å². The highest BCUT2D eigenvalue weighted by Crippen LogP contribution is 2.30. The summed E-state index contributed by atoms with van der Waals surface area (Å²) in [5.74, 6) is 1.07. The molecule has 2 amide bonds. The first kappa shape index (κ1) is 17.4. The number of rotatable bonds is 7. The molecule has 8 heteroatoms. The van der Waals surface area contributed by atoms with Gasteiger partial charge in [-0.15, -0.1) is 11.3 Å². The number of amides is 2. The second kappa shape index (κ2) is 7.71. The monoisotopic (exact) mass is 382 g/mol. The summed E-state index contributed by atoms with van der Waals surface area (Å²) in [6.45, 7) is 0. The van der Waals surface area contributed by atoms with Crippen LogP contribution in [0.2, 0.25) is 0 Å². The number of thiophene rings is 1. The smallest absolute Gasteiger partial charge is 0.227 e. The molecule has 1 saturated carbocycles. The number of anilines is 2. The molecule has 1 aliphatic rings. The van der Waals surface area contributed by atoms with Crippen LogP contribution >= 0.6 is 11.3 Å². The number of nitrogens with zero attached hydrogens (tertiary/aromatic N) is 2. The van der Waals surface area contributed by atoms with E-state index in [1.165, 1.54) is 11.3 Å². The van der Waals surface area contributed by atoms with Gasteiger partial charge in [-0.05, 0) is 48.6 Å². The van der Waals surface area contributed by atoms with E-state index in [1.807, 2.05) is 17.5 Å². The van der Waals surface area contributed by atoms with Crippen LogP contribution in [0.4, 0.5) is 11.4 Å². The molecule has 0 spiro atoms. The Bertz CT molecular complexity index is 930. The molecular formula is C19H18N4O3S. The second-order valence-electron chi connectivity index (χ2n) is 6.38. The lowest BCUT2D eigenvalue weighted by Gasteiger charge is -2.07. The lowest BCUT2D eigenvalue weighted by atomic mass is 10.2. The first-order valence-corrected chi connectivity index (χ1v) is 9.62. The lowest BCUT2D eigenvalue weighted by Crippen LogP contribution is -2.14. The highest BCUT2D eigenvalue weighted by atomic mass is 32.1. The molecular weight excluding hydrogens is 364 g/mol. The summed E-state index contributed by atoms with van der Waals surface area (Å²) in [6, 6.07) is 10.9. The van der Waals surface area contributed by atoms with Gasteiger partial charge < -0.3 is 15.2 Å². The molecule has 0 aliphatic heterocycles. The van der Waals surface area contributed by atoms with Crippen molar-refractivity contribution >= 4 is 34.5 Å². The van der Waals surface area contributed by atoms with Crippen LogP contribution in [0.15, 0.2) is 46.3 Å². The Kier molecular flexibility index (Phi) is 4.97. The zero-order valence-electron chi connectivity index (χ0n) is 14.5. The molecule has 2 N–H and O–H groups in total. The first-order chi connectivity index (χ1) is 13.2. The Morgan fingerprint density at radius 2 is 1.85 bits per heavy atom. The van der Waals surface area contributed by atoms with E-state index in [9.17, 15) is 9.59 Å². The summed E-state index contributed by atoms with van der Waals surface area (Å²) in [4.78, 5) is 29.1. The first-order valence-electron chi connectivity index (χ1n) is 8.74. The van der Waals surface area contributed by atoms with Gasteiger partial charge >= 0.3 is 0 Å². The molecule has 1 aliphatic carbocycles. The quantitative estimate of drug-likeness (QED) is 0.649. The fourth-order valence-electron chi connectivity index (χ4n) is 2.53. The van der Waals surface area contributed by atoms with Crippen molar-refractivity contribution in [1.29, 1.82) is 0 Å². The van der Waals surface area contributed by atoms with Gasteiger partial charge in [-0.2, -0.15) is 4.98 Å². The molecule has 4 rings (SSSR count). The Morgan fingerprint density at radius 1 is 1.11 bits per heavy atom. The molecule has 0 saturated heterocycles. The van der Waals surface area contributed by atoms with E-state index >= 15 is 0 Å². The van der Waals surface area contributed by atoms with Crippen LogP contribution in [0, 0.1) is 5.92 Å². The van der Waals surface area contributed by atoms with E-state index < -0.39 is 0 Å². The molecule has 7 nitrogen and oxygen atoms in total. The van der Waals surface area contributed by atoms with E-state index in [1.54, 1.807) is 24.3 Å². The van der Waals surface area contributed by atoms with Gasteiger partial charge in [-0.1, -0.05) is 11.2 Å². The van der Waals surface area contributed by atoms with Crippen LogP contribution in [-0.2, 0) is 16.0 Å². The largest absolute Gasteiger partial charge is 0.339 e. The third kappa shape index (κ3) is 4.59. The summed E-state index contributed by atoms with van der Waals surface area (Å²) in [5, 5.41) is 11.6. The normalized spacial score (nSPS) is 13.3. The van der Waals surface area contributed by atoms with Gasteiger partial charge in [0.15, 0.2) is 0 Å². The van der Waals surface area contributed by atoms with Crippen molar-refractivity contribution in [2.45, 2.75) is 25.7 Å². The molecule has 3 aromatic rings. The molecule has 1 fully saturated rings. The zero-order valence-corrected chi connectivity index (χ0v) is 15.3. The summed E-state index contributed by atoms with van der Waals surface area (Å²) in [6.07, 6.45) is 2.55. The molecule has 2 aromatic heterocycles. The van der Waals surface area contributed by atoms with Crippen molar-refractivity contribution in [3.05, 3.63) is 47.7 Å². The molecule has 0 atom stereocenters. The molecule has 138 valence electrons. The highest BCUT2D eigenvalue weighted by molar-refractivity contribution is 7.13. The number of hydrogen-bond acceptors (Lipinski definition) is 6. The number of carbonyl (C=O) groups excluding carboxylic acids is 2. The molecule has 0 unspecified atom stereocenters. The Hall–Kier alpha value is -3.00. The van der Waals surface area contributed by atoms with Gasteiger partial charge in [0.25, 0.3) is 0 Å². The van der Waals surface area contributed by atoms with Gasteiger partial charge in [-0.25, -0.2) is 0 Å². The van der Waals surface area contributed by atoms with E-state index in [-0.39, 0.29) is 24.2 Å². The van der Waals surface area contributed by atoms with E-state index in [4.69, 9.17) is 4.52 Å². The number of aromatic nitrogens is 2. The number of aryl methyl sites for hydroxylation is 1. The van der Waals surface area contributed by atoms with Crippen molar-refractivity contribution < 1.29 is 14.1 Å². The van der Waals surface area contributed by atoms with Crippen LogP contribution in [0.5, 0.6) is 0 Å². The second-order valence-corrected chi connectivity index (χ2v) is 7.33. The Labute approximate surface area is 159 Å². The van der Waals surface area contributed by atoms with Crippen LogP contribution < -0.4 is 10.6 Å². The number of carbonyl (C=O) groups is 2. The minimum Gasteiger partial charge on any atom is -0.339 e. The van der Waals surface area contributed by atoms with Crippen LogP contribution in [0.25, 0.3) is 10.7 Å². The van der Waals surface area contributed by atoms with Crippen molar-refractivity contribution in [1.82, 2.24) is 10.1 Å². The van der Waals surface area contributed by atoms with Crippen LogP contribution in [0.3, 0.4) is 0 Å². The molecule has 0 radical (unpaired) electrons. The number of hydrogen-bond donors (Lipinski definition) is 2. The summed E-state index contributed by atoms with van der Waals surface area (Å²) in [5.41, 5.74) is 1.41. The van der Waals surface area contributed by atoms with E-state index in [2.05, 4.69) is 20.8 Å². The van der Waals surface area contributed by atoms with Crippen molar-refractivity contribution in [3.63, 3.8) is 0 Å². The van der Waals surface area contributed by atoms with Gasteiger partial charge in [0, 0.05) is 30.1 Å². The summed E-state index contributed by atoms with van der Waals surface area (Å²) >= 11 is 1.53. The van der Waals surface area contributed by atoms with Crippen LogP contribution in [-0.4, -0.2) is 22.0 Å². The average Bonchev–Trinajstić information content (AvgIpc) is 3.17. The summed E-state index contributed by atoms with van der Waals surface area (Å²) in [7, 11) is 0. The fourth-order valence-corrected chi connectivity index (χ4v) is 3.18. The van der Waals surface area contributed by atoms with Crippen molar-refractivity contribution in [2.24, 2.45) is 5.92 Å². The predicted octanol–water partition coefficient (Wildman–Crippen LogP) is 3.72. The van der Waals surface area contributed by atoms with Gasteiger partial charge in [0.1, 0.15) is 0 Å².